The van der Waals surface area contributed by atoms with Crippen molar-refractivity contribution in [1.82, 2.24) is 9.97 Å². The van der Waals surface area contributed by atoms with Gasteiger partial charge in [-0.25, -0.2) is 9.97 Å². The van der Waals surface area contributed by atoms with Crippen LogP contribution in [0.5, 0.6) is 0 Å². The maximum atomic E-state index is 12.6. The first-order valence-corrected chi connectivity index (χ1v) is 8.19. The summed E-state index contributed by atoms with van der Waals surface area (Å²) in [5, 5.41) is 6.10. The number of nitrogens with one attached hydrogen (secondary N) is 2. The molecule has 0 atom stereocenters. The van der Waals surface area contributed by atoms with Gasteiger partial charge >= 0.3 is 0 Å². The van der Waals surface area contributed by atoms with Crippen LogP contribution in [-0.2, 0) is 0 Å². The molecule has 1 heterocycles. The van der Waals surface area contributed by atoms with Crippen molar-refractivity contribution in [3.63, 3.8) is 0 Å². The van der Waals surface area contributed by atoms with Crippen LogP contribution < -0.4 is 10.6 Å². The van der Waals surface area contributed by atoms with E-state index in [2.05, 4.69) is 20.6 Å². The van der Waals surface area contributed by atoms with Gasteiger partial charge in [-0.05, 0) is 26.0 Å². The van der Waals surface area contributed by atoms with Crippen LogP contribution in [0.1, 0.15) is 24.3 Å². The Hall–Kier alpha value is -3.21. The van der Waals surface area contributed by atoms with Crippen molar-refractivity contribution in [2.45, 2.75) is 19.9 Å². The van der Waals surface area contributed by atoms with Crippen LogP contribution in [0.15, 0.2) is 66.7 Å². The van der Waals surface area contributed by atoms with E-state index in [-0.39, 0.29) is 11.9 Å². The van der Waals surface area contributed by atoms with Crippen molar-refractivity contribution < 1.29 is 4.79 Å². The van der Waals surface area contributed by atoms with Gasteiger partial charge in [0.2, 0.25) is 0 Å². The summed E-state index contributed by atoms with van der Waals surface area (Å²) in [6, 6.07) is 20.8. The van der Waals surface area contributed by atoms with Gasteiger partial charge in [-0.15, -0.1) is 0 Å². The minimum Gasteiger partial charge on any atom is -0.368 e. The summed E-state index contributed by atoms with van der Waals surface area (Å²) in [6.45, 7) is 4.04. The van der Waals surface area contributed by atoms with Crippen molar-refractivity contribution in [3.8, 4) is 11.4 Å². The number of amides is 1. The molecular formula is C20H20N4O. The predicted molar refractivity (Wildman–Crippen MR) is 101 cm³/mol. The summed E-state index contributed by atoms with van der Waals surface area (Å²) in [4.78, 5) is 21.6. The van der Waals surface area contributed by atoms with E-state index in [1.54, 1.807) is 6.07 Å². The van der Waals surface area contributed by atoms with Gasteiger partial charge in [-0.2, -0.15) is 0 Å². The summed E-state index contributed by atoms with van der Waals surface area (Å²) < 4.78 is 0. The Morgan fingerprint density at radius 3 is 2.20 bits per heavy atom. The molecule has 3 rings (SSSR count). The second kappa shape index (κ2) is 7.57. The van der Waals surface area contributed by atoms with Crippen LogP contribution in [0.2, 0.25) is 0 Å². The van der Waals surface area contributed by atoms with Crippen molar-refractivity contribution in [1.29, 1.82) is 0 Å². The molecule has 25 heavy (non-hydrogen) atoms. The molecule has 0 radical (unpaired) electrons. The zero-order valence-corrected chi connectivity index (χ0v) is 14.2. The molecule has 0 bridgehead atoms. The molecule has 2 N–H and O–H groups in total. The molecule has 0 aliphatic rings. The number of aromatic nitrogens is 2. The smallest absolute Gasteiger partial charge is 0.274 e. The highest BCUT2D eigenvalue weighted by Crippen LogP contribution is 2.19. The summed E-state index contributed by atoms with van der Waals surface area (Å²) in [7, 11) is 0. The van der Waals surface area contributed by atoms with Gasteiger partial charge in [0, 0.05) is 23.4 Å². The molecule has 0 aliphatic heterocycles. The lowest BCUT2D eigenvalue weighted by atomic mass is 10.2. The van der Waals surface area contributed by atoms with E-state index in [0.29, 0.717) is 17.3 Å². The summed E-state index contributed by atoms with van der Waals surface area (Å²) in [5.74, 6) is 0.879. The van der Waals surface area contributed by atoms with Crippen LogP contribution in [0.3, 0.4) is 0 Å². The van der Waals surface area contributed by atoms with Crippen LogP contribution in [0.25, 0.3) is 11.4 Å². The maximum absolute atomic E-state index is 12.6. The highest BCUT2D eigenvalue weighted by molar-refractivity contribution is 6.03. The highest BCUT2D eigenvalue weighted by atomic mass is 16.1. The van der Waals surface area contributed by atoms with E-state index in [1.165, 1.54) is 0 Å². The zero-order chi connectivity index (χ0) is 17.6. The van der Waals surface area contributed by atoms with Crippen LogP contribution >= 0.6 is 0 Å². The molecule has 1 amide bonds. The van der Waals surface area contributed by atoms with E-state index in [4.69, 9.17) is 0 Å². The van der Waals surface area contributed by atoms with Crippen molar-refractivity contribution in [3.05, 3.63) is 72.4 Å². The van der Waals surface area contributed by atoms with Gasteiger partial charge in [0.05, 0.1) is 0 Å². The van der Waals surface area contributed by atoms with E-state index >= 15 is 0 Å². The van der Waals surface area contributed by atoms with E-state index < -0.39 is 0 Å². The highest BCUT2D eigenvalue weighted by Gasteiger charge is 2.13. The van der Waals surface area contributed by atoms with Gasteiger partial charge in [0.1, 0.15) is 11.5 Å². The number of benzene rings is 2. The van der Waals surface area contributed by atoms with Crippen LogP contribution in [0.4, 0.5) is 11.5 Å². The summed E-state index contributed by atoms with van der Waals surface area (Å²) >= 11 is 0. The number of nitrogens with zero attached hydrogens (tertiary/aromatic N) is 2. The number of rotatable bonds is 5. The maximum Gasteiger partial charge on any atom is 0.274 e. The Labute approximate surface area is 147 Å². The molecule has 0 saturated carbocycles. The Morgan fingerprint density at radius 1 is 0.920 bits per heavy atom. The second-order valence-electron chi connectivity index (χ2n) is 5.95. The SMILES string of the molecule is CC(C)Nc1cc(C(=O)Nc2ccccc2)nc(-c2ccccc2)n1. The van der Waals surface area contributed by atoms with Crippen LogP contribution in [-0.4, -0.2) is 21.9 Å². The number of para-hydroxylation sites is 1. The van der Waals surface area contributed by atoms with Crippen molar-refractivity contribution >= 4 is 17.4 Å². The summed E-state index contributed by atoms with van der Waals surface area (Å²) in [6.07, 6.45) is 0. The first kappa shape index (κ1) is 16.6. The Bertz CT molecular complexity index is 848. The Morgan fingerprint density at radius 2 is 1.56 bits per heavy atom. The third-order valence-electron chi connectivity index (χ3n) is 3.46. The third kappa shape index (κ3) is 4.41. The molecule has 126 valence electrons. The number of hydrogen-bond donors (Lipinski definition) is 2. The monoisotopic (exact) mass is 332 g/mol. The largest absolute Gasteiger partial charge is 0.368 e. The normalized spacial score (nSPS) is 10.5. The lowest BCUT2D eigenvalue weighted by Crippen LogP contribution is -2.17. The van der Waals surface area contributed by atoms with Gasteiger partial charge < -0.3 is 10.6 Å². The molecule has 0 spiro atoms. The lowest BCUT2D eigenvalue weighted by molar-refractivity contribution is 0.102. The molecule has 0 saturated heterocycles. The van der Waals surface area contributed by atoms with Gasteiger partial charge in [0.25, 0.3) is 5.91 Å². The molecule has 0 unspecified atom stereocenters. The zero-order valence-electron chi connectivity index (χ0n) is 14.2. The van der Waals surface area contributed by atoms with E-state index in [9.17, 15) is 4.79 Å². The molecular weight excluding hydrogens is 312 g/mol. The van der Waals surface area contributed by atoms with E-state index in [0.717, 1.165) is 11.3 Å². The average molecular weight is 332 g/mol. The van der Waals surface area contributed by atoms with E-state index in [1.807, 2.05) is 74.5 Å². The fourth-order valence-electron chi connectivity index (χ4n) is 2.37. The second-order valence-corrected chi connectivity index (χ2v) is 5.95. The first-order chi connectivity index (χ1) is 12.1. The van der Waals surface area contributed by atoms with Gasteiger partial charge in [-0.3, -0.25) is 4.79 Å². The molecule has 2 aromatic carbocycles. The fraction of sp³-hybridized carbons (Fsp3) is 0.150. The number of carbonyl (C=O) groups excluding carboxylic acids is 1. The molecule has 5 nitrogen and oxygen atoms in total. The quantitative estimate of drug-likeness (QED) is 0.734. The van der Waals surface area contributed by atoms with Crippen molar-refractivity contribution in [2.75, 3.05) is 10.6 Å². The average Bonchev–Trinajstić information content (AvgIpc) is 2.62. The molecule has 0 fully saturated rings. The minimum absolute atomic E-state index is 0.198. The lowest BCUT2D eigenvalue weighted by Gasteiger charge is -2.12. The van der Waals surface area contributed by atoms with Crippen molar-refractivity contribution in [2.24, 2.45) is 0 Å². The Balaban J connectivity index is 1.95. The molecule has 0 aliphatic carbocycles. The molecule has 1 aromatic heterocycles. The van der Waals surface area contributed by atoms with Gasteiger partial charge in [-0.1, -0.05) is 48.5 Å². The number of hydrogen-bond acceptors (Lipinski definition) is 4. The number of carbonyl (C=O) groups is 1. The molecule has 5 heteroatoms. The van der Waals surface area contributed by atoms with Gasteiger partial charge in [0.15, 0.2) is 5.82 Å². The Kier molecular flexibility index (Phi) is 5.04. The standard InChI is InChI=1S/C20H20N4O/c1-14(2)21-18-13-17(20(25)22-16-11-7-4-8-12-16)23-19(24-18)15-9-5-3-6-10-15/h3-14H,1-2H3,(H,22,25)(H,21,23,24). The fourth-order valence-corrected chi connectivity index (χ4v) is 2.37. The minimum atomic E-state index is -0.266. The molecule has 3 aromatic rings. The topological polar surface area (TPSA) is 66.9 Å². The first-order valence-electron chi connectivity index (χ1n) is 8.19. The number of anilines is 2. The third-order valence-corrected chi connectivity index (χ3v) is 3.46. The van der Waals surface area contributed by atoms with Crippen LogP contribution in [0, 0.1) is 0 Å². The predicted octanol–water partition coefficient (Wildman–Crippen LogP) is 4.22. The summed E-state index contributed by atoms with van der Waals surface area (Å²) in [5.41, 5.74) is 1.91.